The highest BCUT2D eigenvalue weighted by molar-refractivity contribution is 5.92. The van der Waals surface area contributed by atoms with Crippen molar-refractivity contribution in [1.82, 2.24) is 9.55 Å². The molecular formula is C21H23N5. The molecule has 0 spiro atoms. The fourth-order valence-corrected chi connectivity index (χ4v) is 3.35. The van der Waals surface area contributed by atoms with E-state index in [1.54, 1.807) is 6.20 Å². The average Bonchev–Trinajstić information content (AvgIpc) is 3.32. The van der Waals surface area contributed by atoms with Crippen LogP contribution in [0.2, 0.25) is 0 Å². The minimum absolute atomic E-state index is 0.449. The van der Waals surface area contributed by atoms with E-state index in [1.807, 2.05) is 17.1 Å². The topological polar surface area (TPSA) is 68.2 Å². The predicted octanol–water partition coefficient (Wildman–Crippen LogP) is 3.35. The molecule has 0 fully saturated rings. The number of aliphatic imine (C=N–C) groups is 1. The van der Waals surface area contributed by atoms with E-state index in [1.165, 1.54) is 29.5 Å². The first-order valence-corrected chi connectivity index (χ1v) is 8.98. The van der Waals surface area contributed by atoms with E-state index in [0.29, 0.717) is 12.5 Å². The lowest BCUT2D eigenvalue weighted by Crippen LogP contribution is -2.22. The first-order valence-electron chi connectivity index (χ1n) is 8.98. The van der Waals surface area contributed by atoms with Crippen LogP contribution in [-0.4, -0.2) is 15.5 Å². The number of nitrogens with zero attached hydrogens (tertiary/aromatic N) is 3. The van der Waals surface area contributed by atoms with Crippen molar-refractivity contribution in [2.45, 2.75) is 32.4 Å². The number of guanidine groups is 1. The summed E-state index contributed by atoms with van der Waals surface area (Å²) in [5, 5.41) is 3.20. The van der Waals surface area contributed by atoms with Gasteiger partial charge >= 0.3 is 0 Å². The third kappa shape index (κ3) is 3.94. The molecule has 1 heterocycles. The van der Waals surface area contributed by atoms with Crippen molar-refractivity contribution < 1.29 is 0 Å². The zero-order valence-corrected chi connectivity index (χ0v) is 14.7. The van der Waals surface area contributed by atoms with Crippen LogP contribution < -0.4 is 11.1 Å². The number of nitrogens with one attached hydrogen (secondary N) is 1. The molecule has 1 aliphatic carbocycles. The Bertz CT molecular complexity index is 895. The number of benzene rings is 2. The zero-order chi connectivity index (χ0) is 17.8. The van der Waals surface area contributed by atoms with Gasteiger partial charge in [-0.05, 0) is 53.6 Å². The second-order valence-corrected chi connectivity index (χ2v) is 6.72. The predicted molar refractivity (Wildman–Crippen MR) is 105 cm³/mol. The molecule has 132 valence electrons. The van der Waals surface area contributed by atoms with Gasteiger partial charge in [0, 0.05) is 24.6 Å². The van der Waals surface area contributed by atoms with Gasteiger partial charge in [-0.1, -0.05) is 30.3 Å². The van der Waals surface area contributed by atoms with Crippen LogP contribution >= 0.6 is 0 Å². The summed E-state index contributed by atoms with van der Waals surface area (Å²) in [5.74, 6) is 0.449. The Morgan fingerprint density at radius 2 is 1.88 bits per heavy atom. The average molecular weight is 345 g/mol. The van der Waals surface area contributed by atoms with E-state index < -0.39 is 0 Å². The van der Waals surface area contributed by atoms with Crippen molar-refractivity contribution in [3.63, 3.8) is 0 Å². The number of imidazole rings is 1. The van der Waals surface area contributed by atoms with Crippen LogP contribution in [0.15, 0.2) is 66.2 Å². The molecular weight excluding hydrogens is 322 g/mol. The first kappa shape index (κ1) is 16.4. The molecule has 5 nitrogen and oxygen atoms in total. The SMILES string of the molecule is NC(=NCc1ccc(Cn2ccnc2)cc1)Nc1ccc2c(c1)CCC2. The van der Waals surface area contributed by atoms with Crippen molar-refractivity contribution in [2.75, 3.05) is 5.32 Å². The zero-order valence-electron chi connectivity index (χ0n) is 14.7. The maximum absolute atomic E-state index is 6.05. The van der Waals surface area contributed by atoms with Gasteiger partial charge in [0.1, 0.15) is 0 Å². The standard InChI is InChI=1S/C21H23N5/c22-21(25-20-9-8-18-2-1-3-19(18)12-20)24-13-16-4-6-17(7-5-16)14-26-11-10-23-15-26/h4-12,15H,1-3,13-14H2,(H3,22,24,25). The Morgan fingerprint density at radius 3 is 2.69 bits per heavy atom. The third-order valence-corrected chi connectivity index (χ3v) is 4.75. The minimum Gasteiger partial charge on any atom is -0.370 e. The van der Waals surface area contributed by atoms with Crippen LogP contribution in [0.25, 0.3) is 0 Å². The number of rotatable bonds is 5. The second-order valence-electron chi connectivity index (χ2n) is 6.72. The Kier molecular flexibility index (Phi) is 4.69. The number of hydrogen-bond acceptors (Lipinski definition) is 2. The molecule has 0 radical (unpaired) electrons. The summed E-state index contributed by atoms with van der Waals surface area (Å²) in [7, 11) is 0. The van der Waals surface area contributed by atoms with Crippen LogP contribution in [0.5, 0.6) is 0 Å². The van der Waals surface area contributed by atoms with Crippen molar-refractivity contribution in [3.8, 4) is 0 Å². The number of hydrogen-bond donors (Lipinski definition) is 2. The van der Waals surface area contributed by atoms with Gasteiger partial charge in [0.2, 0.25) is 0 Å². The Balaban J connectivity index is 1.34. The lowest BCUT2D eigenvalue weighted by Gasteiger charge is -2.08. The number of fused-ring (bicyclic) bond motifs is 1. The monoisotopic (exact) mass is 345 g/mol. The highest BCUT2D eigenvalue weighted by Gasteiger charge is 2.10. The lowest BCUT2D eigenvalue weighted by atomic mass is 10.1. The molecule has 3 aromatic rings. The normalized spacial score (nSPS) is 13.6. The Hall–Kier alpha value is -3.08. The minimum atomic E-state index is 0.449. The number of anilines is 1. The molecule has 0 saturated carbocycles. The fraction of sp³-hybridized carbons (Fsp3) is 0.238. The largest absolute Gasteiger partial charge is 0.370 e. The second kappa shape index (κ2) is 7.44. The van der Waals surface area contributed by atoms with Gasteiger partial charge in [0.05, 0.1) is 12.9 Å². The van der Waals surface area contributed by atoms with Gasteiger partial charge in [0.15, 0.2) is 5.96 Å². The van der Waals surface area contributed by atoms with E-state index in [0.717, 1.165) is 24.2 Å². The maximum atomic E-state index is 6.05. The van der Waals surface area contributed by atoms with Crippen LogP contribution in [0.3, 0.4) is 0 Å². The summed E-state index contributed by atoms with van der Waals surface area (Å²) in [6, 6.07) is 14.9. The first-order chi connectivity index (χ1) is 12.8. The molecule has 0 saturated heterocycles. The van der Waals surface area contributed by atoms with E-state index in [-0.39, 0.29) is 0 Å². The van der Waals surface area contributed by atoms with E-state index in [9.17, 15) is 0 Å². The Morgan fingerprint density at radius 1 is 1.08 bits per heavy atom. The van der Waals surface area contributed by atoms with Crippen molar-refractivity contribution in [3.05, 3.63) is 83.4 Å². The van der Waals surface area contributed by atoms with Crippen LogP contribution in [0, 0.1) is 0 Å². The molecule has 1 aromatic heterocycles. The van der Waals surface area contributed by atoms with Gasteiger partial charge in [-0.3, -0.25) is 0 Å². The highest BCUT2D eigenvalue weighted by Crippen LogP contribution is 2.24. The molecule has 3 N–H and O–H groups in total. The van der Waals surface area contributed by atoms with Crippen molar-refractivity contribution in [1.29, 1.82) is 0 Å². The molecule has 0 bridgehead atoms. The number of aromatic nitrogens is 2. The van der Waals surface area contributed by atoms with Gasteiger partial charge in [-0.2, -0.15) is 0 Å². The van der Waals surface area contributed by atoms with Crippen LogP contribution in [-0.2, 0) is 25.9 Å². The number of nitrogens with two attached hydrogens (primary N) is 1. The molecule has 1 aliphatic rings. The summed E-state index contributed by atoms with van der Waals surface area (Å²) in [6.07, 6.45) is 9.18. The fourth-order valence-electron chi connectivity index (χ4n) is 3.35. The van der Waals surface area contributed by atoms with Crippen molar-refractivity contribution in [2.24, 2.45) is 10.7 Å². The van der Waals surface area contributed by atoms with Gasteiger partial charge in [0.25, 0.3) is 0 Å². The maximum Gasteiger partial charge on any atom is 0.193 e. The summed E-state index contributed by atoms with van der Waals surface area (Å²) >= 11 is 0. The van der Waals surface area contributed by atoms with E-state index in [2.05, 4.69) is 57.8 Å². The summed E-state index contributed by atoms with van der Waals surface area (Å²) in [5.41, 5.74) is 12.3. The third-order valence-electron chi connectivity index (χ3n) is 4.75. The van der Waals surface area contributed by atoms with E-state index >= 15 is 0 Å². The molecule has 26 heavy (non-hydrogen) atoms. The van der Waals surface area contributed by atoms with Gasteiger partial charge in [-0.25, -0.2) is 9.98 Å². The van der Waals surface area contributed by atoms with Crippen LogP contribution in [0.1, 0.15) is 28.7 Å². The van der Waals surface area contributed by atoms with E-state index in [4.69, 9.17) is 5.73 Å². The van der Waals surface area contributed by atoms with Gasteiger partial charge in [-0.15, -0.1) is 0 Å². The molecule has 0 amide bonds. The Labute approximate surface area is 153 Å². The lowest BCUT2D eigenvalue weighted by molar-refractivity contribution is 0.796. The molecule has 4 rings (SSSR count). The smallest absolute Gasteiger partial charge is 0.193 e. The molecule has 2 aromatic carbocycles. The van der Waals surface area contributed by atoms with Gasteiger partial charge < -0.3 is 15.6 Å². The molecule has 5 heteroatoms. The summed E-state index contributed by atoms with van der Waals surface area (Å²) < 4.78 is 2.05. The molecule has 0 aliphatic heterocycles. The number of aryl methyl sites for hydroxylation is 2. The molecule has 0 unspecified atom stereocenters. The van der Waals surface area contributed by atoms with Crippen LogP contribution in [0.4, 0.5) is 5.69 Å². The highest BCUT2D eigenvalue weighted by atomic mass is 15.1. The molecule has 0 atom stereocenters. The quantitative estimate of drug-likeness (QED) is 0.550. The summed E-state index contributed by atoms with van der Waals surface area (Å²) in [4.78, 5) is 8.52. The summed E-state index contributed by atoms with van der Waals surface area (Å²) in [6.45, 7) is 1.39. The van der Waals surface area contributed by atoms with Crippen molar-refractivity contribution >= 4 is 11.6 Å².